The fourth-order valence-electron chi connectivity index (χ4n) is 3.81. The SMILES string of the molecule is CCCNCC1CCN(C2CCCC(C)(C)C2)C1. The van der Waals surface area contributed by atoms with E-state index in [1.165, 1.54) is 64.7 Å². The largest absolute Gasteiger partial charge is 0.316 e. The molecule has 1 aliphatic heterocycles. The summed E-state index contributed by atoms with van der Waals surface area (Å²) in [6.07, 6.45) is 8.40. The molecule has 18 heavy (non-hydrogen) atoms. The predicted octanol–water partition coefficient (Wildman–Crippen LogP) is 3.28. The summed E-state index contributed by atoms with van der Waals surface area (Å²) in [6, 6.07) is 0.880. The van der Waals surface area contributed by atoms with Gasteiger partial charge in [-0.3, -0.25) is 0 Å². The number of hydrogen-bond donors (Lipinski definition) is 1. The first kappa shape index (κ1) is 14.3. The first-order chi connectivity index (χ1) is 8.61. The molecule has 2 unspecified atom stereocenters. The Balaban J connectivity index is 1.74. The van der Waals surface area contributed by atoms with E-state index in [0.29, 0.717) is 5.41 Å². The minimum atomic E-state index is 0.585. The third kappa shape index (κ3) is 3.96. The normalized spacial score (nSPS) is 32.8. The maximum Gasteiger partial charge on any atom is 0.0100 e. The summed E-state index contributed by atoms with van der Waals surface area (Å²) >= 11 is 0. The van der Waals surface area contributed by atoms with Crippen LogP contribution in [0.2, 0.25) is 0 Å². The van der Waals surface area contributed by atoms with E-state index in [4.69, 9.17) is 0 Å². The van der Waals surface area contributed by atoms with Gasteiger partial charge in [-0.15, -0.1) is 0 Å². The molecule has 0 spiro atoms. The molecule has 2 heteroatoms. The molecule has 2 nitrogen and oxygen atoms in total. The molecule has 2 rings (SSSR count). The highest BCUT2D eigenvalue weighted by Crippen LogP contribution is 2.38. The Kier molecular flexibility index (Phi) is 5.08. The molecular weight excluding hydrogens is 220 g/mol. The molecule has 1 saturated heterocycles. The number of hydrogen-bond acceptors (Lipinski definition) is 2. The van der Waals surface area contributed by atoms with Gasteiger partial charge in [0.2, 0.25) is 0 Å². The Morgan fingerprint density at radius 1 is 1.28 bits per heavy atom. The van der Waals surface area contributed by atoms with Crippen molar-refractivity contribution < 1.29 is 0 Å². The molecule has 0 aromatic heterocycles. The zero-order valence-electron chi connectivity index (χ0n) is 12.7. The van der Waals surface area contributed by atoms with Crippen LogP contribution >= 0.6 is 0 Å². The molecule has 0 radical (unpaired) electrons. The third-order valence-electron chi connectivity index (χ3n) is 4.87. The van der Waals surface area contributed by atoms with Crippen LogP contribution in [-0.4, -0.2) is 37.1 Å². The summed E-state index contributed by atoms with van der Waals surface area (Å²) in [4.78, 5) is 2.79. The maximum absolute atomic E-state index is 3.59. The standard InChI is InChI=1S/C16H32N2/c1-4-9-17-12-14-7-10-18(13-14)15-6-5-8-16(2,3)11-15/h14-15,17H,4-13H2,1-3H3. The third-order valence-corrected chi connectivity index (χ3v) is 4.87. The Labute approximate surface area is 114 Å². The molecule has 0 aromatic rings. The fraction of sp³-hybridized carbons (Fsp3) is 1.00. The molecule has 106 valence electrons. The highest BCUT2D eigenvalue weighted by atomic mass is 15.2. The number of likely N-dealkylation sites (tertiary alicyclic amines) is 1. The molecule has 2 fully saturated rings. The van der Waals surface area contributed by atoms with Crippen molar-refractivity contribution in [2.45, 2.75) is 65.3 Å². The summed E-state index contributed by atoms with van der Waals surface area (Å²) in [6.45, 7) is 12.3. The molecule has 1 heterocycles. The first-order valence-electron chi connectivity index (χ1n) is 8.05. The lowest BCUT2D eigenvalue weighted by atomic mass is 9.75. The fourth-order valence-corrected chi connectivity index (χ4v) is 3.81. The van der Waals surface area contributed by atoms with Gasteiger partial charge in [-0.1, -0.05) is 27.2 Å². The van der Waals surface area contributed by atoms with Gasteiger partial charge >= 0.3 is 0 Å². The van der Waals surface area contributed by atoms with Crippen molar-refractivity contribution in [3.05, 3.63) is 0 Å². The monoisotopic (exact) mass is 252 g/mol. The lowest BCUT2D eigenvalue weighted by Crippen LogP contribution is -2.40. The Morgan fingerprint density at radius 3 is 2.83 bits per heavy atom. The topological polar surface area (TPSA) is 15.3 Å². The summed E-state index contributed by atoms with van der Waals surface area (Å²) in [5.41, 5.74) is 0.585. The van der Waals surface area contributed by atoms with E-state index in [2.05, 4.69) is 31.0 Å². The predicted molar refractivity (Wildman–Crippen MR) is 78.9 cm³/mol. The maximum atomic E-state index is 3.59. The van der Waals surface area contributed by atoms with Gasteiger partial charge in [-0.25, -0.2) is 0 Å². The highest BCUT2D eigenvalue weighted by Gasteiger charge is 2.34. The van der Waals surface area contributed by atoms with Gasteiger partial charge < -0.3 is 10.2 Å². The van der Waals surface area contributed by atoms with Gasteiger partial charge in [0.25, 0.3) is 0 Å². The van der Waals surface area contributed by atoms with Crippen LogP contribution in [-0.2, 0) is 0 Å². The van der Waals surface area contributed by atoms with E-state index < -0.39 is 0 Å². The smallest absolute Gasteiger partial charge is 0.0100 e. The minimum Gasteiger partial charge on any atom is -0.316 e. The number of rotatable bonds is 5. The van der Waals surface area contributed by atoms with Crippen molar-refractivity contribution in [3.63, 3.8) is 0 Å². The number of nitrogens with zero attached hydrogens (tertiary/aromatic N) is 1. The van der Waals surface area contributed by atoms with Crippen molar-refractivity contribution >= 4 is 0 Å². The molecule has 1 saturated carbocycles. The van der Waals surface area contributed by atoms with Crippen molar-refractivity contribution in [2.75, 3.05) is 26.2 Å². The average molecular weight is 252 g/mol. The van der Waals surface area contributed by atoms with Gasteiger partial charge in [0.15, 0.2) is 0 Å². The second kappa shape index (κ2) is 6.38. The van der Waals surface area contributed by atoms with Gasteiger partial charge in [-0.2, -0.15) is 0 Å². The molecule has 1 N–H and O–H groups in total. The quantitative estimate of drug-likeness (QED) is 0.755. The highest BCUT2D eigenvalue weighted by molar-refractivity contribution is 4.89. The molecule has 2 atom stereocenters. The van der Waals surface area contributed by atoms with Crippen molar-refractivity contribution in [1.82, 2.24) is 10.2 Å². The molecule has 0 amide bonds. The lowest BCUT2D eigenvalue weighted by Gasteiger charge is -2.39. The van der Waals surface area contributed by atoms with Gasteiger partial charge in [0.05, 0.1) is 0 Å². The minimum absolute atomic E-state index is 0.585. The second-order valence-corrected chi connectivity index (χ2v) is 7.27. The van der Waals surface area contributed by atoms with Crippen LogP contribution < -0.4 is 5.32 Å². The van der Waals surface area contributed by atoms with Crippen molar-refractivity contribution in [3.8, 4) is 0 Å². The zero-order valence-corrected chi connectivity index (χ0v) is 12.7. The van der Waals surface area contributed by atoms with Crippen molar-refractivity contribution in [1.29, 1.82) is 0 Å². The van der Waals surface area contributed by atoms with Crippen LogP contribution in [0.15, 0.2) is 0 Å². The molecule has 2 aliphatic rings. The molecular formula is C16H32N2. The lowest BCUT2D eigenvalue weighted by molar-refractivity contribution is 0.110. The van der Waals surface area contributed by atoms with Gasteiger partial charge in [-0.05, 0) is 63.1 Å². The Hall–Kier alpha value is -0.0800. The van der Waals surface area contributed by atoms with Crippen LogP contribution in [0.5, 0.6) is 0 Å². The molecule has 0 aromatic carbocycles. The van der Waals surface area contributed by atoms with Crippen LogP contribution in [0.3, 0.4) is 0 Å². The van der Waals surface area contributed by atoms with E-state index in [-0.39, 0.29) is 0 Å². The van der Waals surface area contributed by atoms with Gasteiger partial charge in [0.1, 0.15) is 0 Å². The summed E-state index contributed by atoms with van der Waals surface area (Å²) in [5, 5.41) is 3.59. The summed E-state index contributed by atoms with van der Waals surface area (Å²) < 4.78 is 0. The summed E-state index contributed by atoms with van der Waals surface area (Å²) in [7, 11) is 0. The van der Waals surface area contributed by atoms with E-state index in [0.717, 1.165) is 12.0 Å². The van der Waals surface area contributed by atoms with E-state index >= 15 is 0 Å². The van der Waals surface area contributed by atoms with E-state index in [9.17, 15) is 0 Å². The Morgan fingerprint density at radius 2 is 2.11 bits per heavy atom. The van der Waals surface area contributed by atoms with Crippen LogP contribution in [0, 0.1) is 11.3 Å². The van der Waals surface area contributed by atoms with Gasteiger partial charge in [0, 0.05) is 12.6 Å². The van der Waals surface area contributed by atoms with E-state index in [1.807, 2.05) is 0 Å². The van der Waals surface area contributed by atoms with Crippen molar-refractivity contribution in [2.24, 2.45) is 11.3 Å². The van der Waals surface area contributed by atoms with Crippen LogP contribution in [0.4, 0.5) is 0 Å². The number of nitrogens with one attached hydrogen (secondary N) is 1. The summed E-state index contributed by atoms with van der Waals surface area (Å²) in [5.74, 6) is 0.904. The second-order valence-electron chi connectivity index (χ2n) is 7.27. The average Bonchev–Trinajstić information content (AvgIpc) is 2.77. The zero-order chi connectivity index (χ0) is 13.0. The van der Waals surface area contributed by atoms with Crippen LogP contribution in [0.25, 0.3) is 0 Å². The van der Waals surface area contributed by atoms with E-state index in [1.54, 1.807) is 0 Å². The van der Waals surface area contributed by atoms with Crippen LogP contribution in [0.1, 0.15) is 59.3 Å². The molecule has 0 bridgehead atoms. The molecule has 1 aliphatic carbocycles. The Bertz CT molecular complexity index is 249. The first-order valence-corrected chi connectivity index (χ1v) is 8.05.